The molecule has 0 amide bonds. The van der Waals surface area contributed by atoms with Crippen molar-refractivity contribution in [2.75, 3.05) is 6.54 Å². The average Bonchev–Trinajstić information content (AvgIpc) is 1.69. The van der Waals surface area contributed by atoms with Gasteiger partial charge in [0.05, 0.1) is 22.9 Å². The third kappa shape index (κ3) is 1.63. The van der Waals surface area contributed by atoms with Gasteiger partial charge in [0.1, 0.15) is 0 Å². The van der Waals surface area contributed by atoms with Gasteiger partial charge in [-0.2, -0.15) is 5.10 Å². The highest BCUT2D eigenvalue weighted by Crippen LogP contribution is 2.05. The lowest BCUT2D eigenvalue weighted by Crippen LogP contribution is -2.09. The zero-order valence-electron chi connectivity index (χ0n) is 3.97. The third-order valence-corrected chi connectivity index (χ3v) is 1.61. The minimum atomic E-state index is 1.11. The van der Waals surface area contributed by atoms with Crippen molar-refractivity contribution in [1.82, 2.24) is 3.22 Å². The molecule has 2 nitrogen and oxygen atoms in total. The van der Waals surface area contributed by atoms with Crippen LogP contribution < -0.4 is 0 Å². The number of hydrogen-bond acceptors (Lipinski definition) is 2. The first kappa shape index (κ1) is 5.34. The van der Waals surface area contributed by atoms with Gasteiger partial charge in [-0.25, -0.2) is 3.22 Å². The normalized spacial score (nSPS) is 20.4. The molecule has 0 atom stereocenters. The van der Waals surface area contributed by atoms with Gasteiger partial charge in [-0.15, -0.1) is 0 Å². The van der Waals surface area contributed by atoms with Crippen LogP contribution in [0.5, 0.6) is 0 Å². The minimum Gasteiger partial charge on any atom is -0.237 e. The van der Waals surface area contributed by atoms with Crippen LogP contribution in [0.15, 0.2) is 5.10 Å². The molecule has 0 aromatic rings. The van der Waals surface area contributed by atoms with E-state index in [4.69, 9.17) is 0 Å². The SMILES string of the molecule is IN1CCCC=N1. The molecular formula is C4H7IN2. The summed E-state index contributed by atoms with van der Waals surface area (Å²) in [7, 11) is 0. The van der Waals surface area contributed by atoms with Crippen molar-refractivity contribution in [2.24, 2.45) is 5.10 Å². The van der Waals surface area contributed by atoms with Gasteiger partial charge in [-0.05, 0) is 12.8 Å². The summed E-state index contributed by atoms with van der Waals surface area (Å²) in [4.78, 5) is 0. The van der Waals surface area contributed by atoms with Crippen LogP contribution in [0.25, 0.3) is 0 Å². The number of rotatable bonds is 0. The van der Waals surface area contributed by atoms with E-state index in [9.17, 15) is 0 Å². The zero-order chi connectivity index (χ0) is 5.11. The summed E-state index contributed by atoms with van der Waals surface area (Å²) >= 11 is 2.19. The lowest BCUT2D eigenvalue weighted by Gasteiger charge is -2.11. The summed E-state index contributed by atoms with van der Waals surface area (Å²) in [6, 6.07) is 0. The Morgan fingerprint density at radius 1 is 1.71 bits per heavy atom. The Balaban J connectivity index is 2.36. The lowest BCUT2D eigenvalue weighted by molar-refractivity contribution is 0.511. The summed E-state index contributed by atoms with van der Waals surface area (Å²) in [5.41, 5.74) is 0. The first-order valence-corrected chi connectivity index (χ1v) is 3.32. The van der Waals surface area contributed by atoms with Gasteiger partial charge >= 0.3 is 0 Å². The van der Waals surface area contributed by atoms with Crippen LogP contribution >= 0.6 is 22.9 Å². The van der Waals surface area contributed by atoms with Gasteiger partial charge in [-0.1, -0.05) is 0 Å². The second kappa shape index (κ2) is 2.49. The summed E-state index contributed by atoms with van der Waals surface area (Å²) in [5.74, 6) is 0. The third-order valence-electron chi connectivity index (χ3n) is 0.883. The van der Waals surface area contributed by atoms with Crippen LogP contribution in [-0.2, 0) is 0 Å². The van der Waals surface area contributed by atoms with Crippen LogP contribution in [0, 0.1) is 0 Å². The molecule has 0 saturated heterocycles. The Labute approximate surface area is 57.1 Å². The predicted molar refractivity (Wildman–Crippen MR) is 38.5 cm³/mol. The molecule has 40 valence electrons. The Morgan fingerprint density at radius 3 is 2.86 bits per heavy atom. The van der Waals surface area contributed by atoms with Gasteiger partial charge in [0, 0.05) is 12.8 Å². The Hall–Kier alpha value is 0.200. The van der Waals surface area contributed by atoms with E-state index in [1.807, 2.05) is 9.44 Å². The van der Waals surface area contributed by atoms with Crippen molar-refractivity contribution >= 4 is 29.1 Å². The highest BCUT2D eigenvalue weighted by Gasteiger charge is 1.97. The van der Waals surface area contributed by atoms with Crippen molar-refractivity contribution in [3.05, 3.63) is 0 Å². The van der Waals surface area contributed by atoms with Crippen LogP contribution in [-0.4, -0.2) is 16.0 Å². The number of hydrogen-bond donors (Lipinski definition) is 0. The quantitative estimate of drug-likeness (QED) is 0.436. The predicted octanol–water partition coefficient (Wildman–Crippen LogP) is 1.42. The number of halogens is 1. The molecule has 1 aliphatic rings. The van der Waals surface area contributed by atoms with Crippen molar-refractivity contribution < 1.29 is 0 Å². The molecular weight excluding hydrogens is 203 g/mol. The standard InChI is InChI=1S/C4H7IN2/c5-7-4-2-1-3-6-7/h3H,1-2,4H2. The molecule has 0 aromatic carbocycles. The Morgan fingerprint density at radius 2 is 2.57 bits per heavy atom. The molecule has 3 heteroatoms. The molecule has 0 unspecified atom stereocenters. The van der Waals surface area contributed by atoms with Gasteiger partial charge < -0.3 is 0 Å². The van der Waals surface area contributed by atoms with Gasteiger partial charge in [0.25, 0.3) is 0 Å². The molecule has 0 saturated carbocycles. The number of hydrazone groups is 1. The fraction of sp³-hybridized carbons (Fsp3) is 0.750. The van der Waals surface area contributed by atoms with E-state index < -0.39 is 0 Å². The number of nitrogens with zero attached hydrogens (tertiary/aromatic N) is 2. The van der Waals surface area contributed by atoms with E-state index in [0.717, 1.165) is 13.0 Å². The maximum Gasteiger partial charge on any atom is 0.0783 e. The van der Waals surface area contributed by atoms with E-state index in [1.54, 1.807) is 0 Å². The molecule has 1 heterocycles. The zero-order valence-corrected chi connectivity index (χ0v) is 6.13. The molecule has 0 radical (unpaired) electrons. The molecule has 0 aromatic heterocycles. The van der Waals surface area contributed by atoms with Crippen molar-refractivity contribution in [2.45, 2.75) is 12.8 Å². The Kier molecular flexibility index (Phi) is 1.90. The fourth-order valence-corrected chi connectivity index (χ4v) is 1.03. The van der Waals surface area contributed by atoms with E-state index in [-0.39, 0.29) is 0 Å². The van der Waals surface area contributed by atoms with Crippen molar-refractivity contribution in [3.63, 3.8) is 0 Å². The molecule has 0 fully saturated rings. The lowest BCUT2D eigenvalue weighted by atomic mass is 10.3. The average molecular weight is 210 g/mol. The highest BCUT2D eigenvalue weighted by molar-refractivity contribution is 14.1. The van der Waals surface area contributed by atoms with Crippen molar-refractivity contribution in [3.8, 4) is 0 Å². The first-order chi connectivity index (χ1) is 3.39. The summed E-state index contributed by atoms with van der Waals surface area (Å²) in [5, 5.41) is 4.02. The largest absolute Gasteiger partial charge is 0.237 e. The van der Waals surface area contributed by atoms with E-state index in [0.29, 0.717) is 0 Å². The fourth-order valence-electron chi connectivity index (χ4n) is 0.517. The molecule has 1 aliphatic heterocycles. The smallest absolute Gasteiger partial charge is 0.0783 e. The summed E-state index contributed by atoms with van der Waals surface area (Å²) in [6.07, 6.45) is 4.36. The van der Waals surface area contributed by atoms with Crippen LogP contribution in [0.4, 0.5) is 0 Å². The minimum absolute atomic E-state index is 1.11. The van der Waals surface area contributed by atoms with E-state index in [2.05, 4.69) is 28.0 Å². The second-order valence-corrected chi connectivity index (χ2v) is 2.61. The molecule has 0 bridgehead atoms. The van der Waals surface area contributed by atoms with Crippen LogP contribution in [0.2, 0.25) is 0 Å². The topological polar surface area (TPSA) is 15.6 Å². The first-order valence-electron chi connectivity index (χ1n) is 2.35. The molecule has 7 heavy (non-hydrogen) atoms. The van der Waals surface area contributed by atoms with Gasteiger partial charge in [0.2, 0.25) is 0 Å². The second-order valence-electron chi connectivity index (χ2n) is 1.50. The van der Waals surface area contributed by atoms with Crippen LogP contribution in [0.3, 0.4) is 0 Å². The maximum atomic E-state index is 4.02. The summed E-state index contributed by atoms with van der Waals surface area (Å²) in [6.45, 7) is 1.11. The van der Waals surface area contributed by atoms with Gasteiger partial charge in [0.15, 0.2) is 0 Å². The maximum absolute atomic E-state index is 4.02. The molecule has 1 rings (SSSR count). The van der Waals surface area contributed by atoms with Gasteiger partial charge in [-0.3, -0.25) is 0 Å². The van der Waals surface area contributed by atoms with E-state index >= 15 is 0 Å². The van der Waals surface area contributed by atoms with E-state index in [1.165, 1.54) is 6.42 Å². The molecule has 0 spiro atoms. The highest BCUT2D eigenvalue weighted by atomic mass is 127. The molecule has 0 N–H and O–H groups in total. The van der Waals surface area contributed by atoms with Crippen LogP contribution in [0.1, 0.15) is 12.8 Å². The monoisotopic (exact) mass is 210 g/mol. The Bertz CT molecular complexity index is 81.8. The van der Waals surface area contributed by atoms with Crippen molar-refractivity contribution in [1.29, 1.82) is 0 Å². The molecule has 0 aliphatic carbocycles. The summed E-state index contributed by atoms with van der Waals surface area (Å²) < 4.78 is 1.93.